The minimum atomic E-state index is -0.314. The van der Waals surface area contributed by atoms with E-state index in [1.807, 2.05) is 11.9 Å². The molecule has 1 N–H and O–H groups in total. The van der Waals surface area contributed by atoms with Gasteiger partial charge in [0.2, 0.25) is 0 Å². The number of nitrogens with one attached hydrogen (secondary N) is 1. The fourth-order valence-corrected chi connectivity index (χ4v) is 3.65. The number of carbonyl (C=O) groups is 2. The molecule has 2 aromatic rings. The Morgan fingerprint density at radius 1 is 1.14 bits per heavy atom. The first-order valence-electron chi connectivity index (χ1n) is 8.88. The van der Waals surface area contributed by atoms with Crippen LogP contribution in [0.3, 0.4) is 0 Å². The molecule has 2 amide bonds. The van der Waals surface area contributed by atoms with Gasteiger partial charge in [-0.2, -0.15) is 0 Å². The van der Waals surface area contributed by atoms with E-state index >= 15 is 0 Å². The molecule has 1 aliphatic heterocycles. The topological polar surface area (TPSA) is 61.9 Å². The van der Waals surface area contributed by atoms with Gasteiger partial charge in [-0.15, -0.1) is 0 Å². The van der Waals surface area contributed by atoms with Crippen LogP contribution in [0.15, 0.2) is 46.9 Å². The van der Waals surface area contributed by atoms with Crippen molar-refractivity contribution in [2.45, 2.75) is 0 Å². The monoisotopic (exact) mass is 465 g/mol. The van der Waals surface area contributed by atoms with Gasteiger partial charge in [-0.05, 0) is 59.4 Å². The highest BCUT2D eigenvalue weighted by atomic mass is 79.9. The number of amides is 2. The highest BCUT2D eigenvalue weighted by Gasteiger charge is 2.20. The quantitative estimate of drug-likeness (QED) is 0.732. The summed E-state index contributed by atoms with van der Waals surface area (Å²) in [7, 11) is 2.04. The van der Waals surface area contributed by atoms with Gasteiger partial charge in [-0.3, -0.25) is 9.59 Å². The molecule has 0 unspecified atom stereocenters. The van der Waals surface area contributed by atoms with Gasteiger partial charge in [-0.25, -0.2) is 0 Å². The number of halogens is 2. The summed E-state index contributed by atoms with van der Waals surface area (Å²) >= 11 is 9.24. The largest absolute Gasteiger partial charge is 0.483 e. The van der Waals surface area contributed by atoms with Crippen molar-refractivity contribution in [3.05, 3.63) is 57.5 Å². The molecule has 3 rings (SSSR count). The summed E-state index contributed by atoms with van der Waals surface area (Å²) in [5.74, 6) is 0.190. The summed E-state index contributed by atoms with van der Waals surface area (Å²) in [6, 6.07) is 12.0. The lowest BCUT2D eigenvalue weighted by Gasteiger charge is -2.32. The zero-order valence-electron chi connectivity index (χ0n) is 15.5. The second-order valence-electron chi connectivity index (χ2n) is 6.59. The molecule has 0 atom stereocenters. The third-order valence-corrected chi connectivity index (χ3v) is 5.29. The number of nitrogens with zero attached hydrogens (tertiary/aromatic N) is 2. The number of hydrogen-bond donors (Lipinski definition) is 1. The summed E-state index contributed by atoms with van der Waals surface area (Å²) in [6.07, 6.45) is 0. The van der Waals surface area contributed by atoms with Gasteiger partial charge in [0.1, 0.15) is 5.75 Å². The summed E-state index contributed by atoms with van der Waals surface area (Å²) < 4.78 is 6.19. The highest BCUT2D eigenvalue weighted by Crippen LogP contribution is 2.27. The second kappa shape index (κ2) is 9.41. The number of benzene rings is 2. The van der Waals surface area contributed by atoms with Gasteiger partial charge in [0.05, 0.1) is 4.47 Å². The molecule has 148 valence electrons. The van der Waals surface area contributed by atoms with E-state index in [4.69, 9.17) is 16.3 Å². The van der Waals surface area contributed by atoms with Gasteiger partial charge >= 0.3 is 0 Å². The minimum absolute atomic E-state index is 0.0226. The molecule has 1 saturated heterocycles. The maximum Gasteiger partial charge on any atom is 0.262 e. The lowest BCUT2D eigenvalue weighted by Crippen LogP contribution is -2.47. The van der Waals surface area contributed by atoms with E-state index in [0.717, 1.165) is 13.1 Å². The van der Waals surface area contributed by atoms with Crippen LogP contribution in [-0.2, 0) is 4.79 Å². The average molecular weight is 467 g/mol. The number of carbonyl (C=O) groups excluding carboxylic acids is 2. The molecule has 2 aromatic carbocycles. The van der Waals surface area contributed by atoms with Crippen LogP contribution in [-0.4, -0.2) is 61.4 Å². The number of hydrogen-bond acceptors (Lipinski definition) is 4. The van der Waals surface area contributed by atoms with E-state index in [0.29, 0.717) is 39.6 Å². The van der Waals surface area contributed by atoms with E-state index in [-0.39, 0.29) is 18.4 Å². The second-order valence-corrected chi connectivity index (χ2v) is 7.88. The van der Waals surface area contributed by atoms with Crippen LogP contribution in [0, 0.1) is 0 Å². The van der Waals surface area contributed by atoms with Crippen molar-refractivity contribution >= 4 is 45.0 Å². The van der Waals surface area contributed by atoms with Gasteiger partial charge in [0.25, 0.3) is 11.8 Å². The Morgan fingerprint density at radius 3 is 2.61 bits per heavy atom. The van der Waals surface area contributed by atoms with E-state index in [2.05, 4.69) is 26.1 Å². The molecule has 0 saturated carbocycles. The fourth-order valence-electron chi connectivity index (χ4n) is 2.85. The molecule has 1 fully saturated rings. The Kier molecular flexibility index (Phi) is 6.93. The summed E-state index contributed by atoms with van der Waals surface area (Å²) in [5, 5.41) is 3.34. The molecule has 1 heterocycles. The van der Waals surface area contributed by atoms with Gasteiger partial charge in [0.15, 0.2) is 6.61 Å². The lowest BCUT2D eigenvalue weighted by molar-refractivity contribution is -0.118. The Labute approximate surface area is 177 Å². The number of likely N-dealkylation sites (N-methyl/N-ethyl adjacent to an activating group) is 1. The maximum atomic E-state index is 12.7. The number of anilines is 1. The van der Waals surface area contributed by atoms with Crippen LogP contribution >= 0.6 is 27.5 Å². The molecular formula is C20H21BrClN3O3. The molecule has 0 spiro atoms. The zero-order chi connectivity index (χ0) is 20.1. The van der Waals surface area contributed by atoms with Crippen molar-refractivity contribution < 1.29 is 14.3 Å². The Morgan fingerprint density at radius 2 is 1.89 bits per heavy atom. The highest BCUT2D eigenvalue weighted by molar-refractivity contribution is 9.10. The van der Waals surface area contributed by atoms with Gasteiger partial charge in [-0.1, -0.05) is 17.7 Å². The maximum absolute atomic E-state index is 12.7. The summed E-state index contributed by atoms with van der Waals surface area (Å²) in [4.78, 5) is 28.9. The zero-order valence-corrected chi connectivity index (χ0v) is 17.8. The Hall–Kier alpha value is -2.09. The molecule has 8 heteroatoms. The Bertz CT molecular complexity index is 870. The van der Waals surface area contributed by atoms with Gasteiger partial charge in [0, 0.05) is 42.5 Å². The van der Waals surface area contributed by atoms with Crippen molar-refractivity contribution in [3.63, 3.8) is 0 Å². The van der Waals surface area contributed by atoms with Crippen LogP contribution in [0.25, 0.3) is 0 Å². The molecule has 0 radical (unpaired) electrons. The standard InChI is InChI=1S/C20H21BrClN3O3/c1-24-7-9-25(10-8-24)20(27)14-3-2-4-16(11-14)23-19(26)13-28-18-6-5-15(22)12-17(18)21/h2-6,11-12H,7-10,13H2,1H3,(H,23,26). The third-order valence-electron chi connectivity index (χ3n) is 4.44. The third kappa shape index (κ3) is 5.47. The summed E-state index contributed by atoms with van der Waals surface area (Å²) in [6.45, 7) is 2.97. The first kappa shape index (κ1) is 20.6. The molecule has 0 aliphatic carbocycles. The van der Waals surface area contributed by atoms with E-state index < -0.39 is 0 Å². The lowest BCUT2D eigenvalue weighted by atomic mass is 10.1. The first-order valence-corrected chi connectivity index (χ1v) is 10.0. The van der Waals surface area contributed by atoms with E-state index in [1.54, 1.807) is 42.5 Å². The predicted molar refractivity (Wildman–Crippen MR) is 113 cm³/mol. The predicted octanol–water partition coefficient (Wildman–Crippen LogP) is 3.51. The van der Waals surface area contributed by atoms with Crippen LogP contribution in [0.4, 0.5) is 5.69 Å². The SMILES string of the molecule is CN1CCN(C(=O)c2cccc(NC(=O)COc3ccc(Cl)cc3Br)c2)CC1. The number of rotatable bonds is 5. The van der Waals surface area contributed by atoms with Crippen molar-refractivity contribution in [1.82, 2.24) is 9.80 Å². The molecule has 0 aromatic heterocycles. The average Bonchev–Trinajstić information content (AvgIpc) is 2.67. The van der Waals surface area contributed by atoms with E-state index in [1.165, 1.54) is 0 Å². The number of piperazine rings is 1. The van der Waals surface area contributed by atoms with Crippen molar-refractivity contribution in [2.75, 3.05) is 45.2 Å². The first-order chi connectivity index (χ1) is 13.4. The molecule has 1 aliphatic rings. The summed E-state index contributed by atoms with van der Waals surface area (Å²) in [5.41, 5.74) is 1.12. The van der Waals surface area contributed by atoms with E-state index in [9.17, 15) is 9.59 Å². The molecule has 6 nitrogen and oxygen atoms in total. The van der Waals surface area contributed by atoms with Gasteiger partial charge < -0.3 is 19.9 Å². The van der Waals surface area contributed by atoms with Crippen LogP contribution in [0.2, 0.25) is 5.02 Å². The molecular weight excluding hydrogens is 446 g/mol. The van der Waals surface area contributed by atoms with Crippen LogP contribution in [0.1, 0.15) is 10.4 Å². The van der Waals surface area contributed by atoms with Crippen molar-refractivity contribution in [3.8, 4) is 5.75 Å². The molecule has 28 heavy (non-hydrogen) atoms. The normalized spacial score (nSPS) is 14.6. The van der Waals surface area contributed by atoms with Crippen molar-refractivity contribution in [1.29, 1.82) is 0 Å². The smallest absolute Gasteiger partial charge is 0.262 e. The van der Waals surface area contributed by atoms with Crippen LogP contribution in [0.5, 0.6) is 5.75 Å². The van der Waals surface area contributed by atoms with Crippen LogP contribution < -0.4 is 10.1 Å². The van der Waals surface area contributed by atoms with Crippen molar-refractivity contribution in [2.24, 2.45) is 0 Å². The minimum Gasteiger partial charge on any atom is -0.483 e. The molecule has 0 bridgehead atoms. The number of ether oxygens (including phenoxy) is 1. The fraction of sp³-hybridized carbons (Fsp3) is 0.300. The Balaban J connectivity index is 1.57.